The van der Waals surface area contributed by atoms with Crippen LogP contribution >= 0.6 is 0 Å². The molecule has 3 nitrogen and oxygen atoms in total. The van der Waals surface area contributed by atoms with Gasteiger partial charge in [-0.15, -0.1) is 0 Å². The van der Waals surface area contributed by atoms with Gasteiger partial charge in [0.05, 0.1) is 6.61 Å². The molecule has 0 aliphatic rings. The molecule has 0 unspecified atom stereocenters. The van der Waals surface area contributed by atoms with Gasteiger partial charge in [-0.2, -0.15) is 0 Å². The Balaban J connectivity index is 2.35. The summed E-state index contributed by atoms with van der Waals surface area (Å²) in [6, 6.07) is 8.69. The molecule has 0 heterocycles. The van der Waals surface area contributed by atoms with Gasteiger partial charge < -0.3 is 10.1 Å². The molecule has 0 radical (unpaired) electrons. The van der Waals surface area contributed by atoms with Gasteiger partial charge in [-0.1, -0.05) is 35.9 Å². The van der Waals surface area contributed by atoms with Crippen LogP contribution in [0.25, 0.3) is 0 Å². The summed E-state index contributed by atoms with van der Waals surface area (Å²) in [4.78, 5) is 11.1. The fourth-order valence-corrected chi connectivity index (χ4v) is 1.56. The summed E-state index contributed by atoms with van der Waals surface area (Å²) in [5, 5.41) is 3.32. The van der Waals surface area contributed by atoms with Crippen LogP contribution in [0.2, 0.25) is 0 Å². The highest BCUT2D eigenvalue weighted by atomic mass is 16.5. The highest BCUT2D eigenvalue weighted by Gasteiger charge is 2.02. The van der Waals surface area contributed by atoms with Gasteiger partial charge in [-0.25, -0.2) is 4.79 Å². The van der Waals surface area contributed by atoms with Crippen LogP contribution < -0.4 is 5.32 Å². The van der Waals surface area contributed by atoms with Crippen molar-refractivity contribution in [1.29, 1.82) is 0 Å². The fourth-order valence-electron chi connectivity index (χ4n) is 1.56. The number of carbonyl (C=O) groups excluding carboxylic acids is 1. The van der Waals surface area contributed by atoms with Crippen molar-refractivity contribution < 1.29 is 9.53 Å². The lowest BCUT2D eigenvalue weighted by Crippen LogP contribution is -2.18. The Morgan fingerprint density at radius 3 is 2.67 bits per heavy atom. The number of ether oxygens (including phenoxy) is 1. The molecule has 0 aliphatic heterocycles. The lowest BCUT2D eigenvalue weighted by Gasteiger charge is -2.12. The second-order valence-corrected chi connectivity index (χ2v) is 4.20. The van der Waals surface area contributed by atoms with Gasteiger partial charge in [-0.05, 0) is 26.3 Å². The third kappa shape index (κ3) is 5.15. The minimum atomic E-state index is -0.290. The first kappa shape index (κ1) is 14.5. The molecule has 0 amide bonds. The zero-order chi connectivity index (χ0) is 13.4. The minimum Gasteiger partial charge on any atom is -0.463 e. The van der Waals surface area contributed by atoms with Crippen LogP contribution in [-0.4, -0.2) is 19.1 Å². The number of aryl methyl sites for hydroxylation is 1. The standard InChI is InChI=1S/C15H21NO2/c1-4-18-15(17)6-5-11-16-13(3)14-9-7-12(2)8-10-14/h5-10,13,16H,4,11H2,1-3H3/b6-5+/t13-/m0/s1. The van der Waals surface area contributed by atoms with Crippen LogP contribution in [0.5, 0.6) is 0 Å². The quantitative estimate of drug-likeness (QED) is 0.620. The molecule has 0 bridgehead atoms. The summed E-state index contributed by atoms with van der Waals surface area (Å²) >= 11 is 0. The summed E-state index contributed by atoms with van der Waals surface area (Å²) in [7, 11) is 0. The Morgan fingerprint density at radius 2 is 2.06 bits per heavy atom. The van der Waals surface area contributed by atoms with E-state index in [4.69, 9.17) is 4.74 Å². The summed E-state index contributed by atoms with van der Waals surface area (Å²) in [6.07, 6.45) is 3.24. The van der Waals surface area contributed by atoms with E-state index in [1.54, 1.807) is 13.0 Å². The maximum atomic E-state index is 11.1. The van der Waals surface area contributed by atoms with E-state index >= 15 is 0 Å². The Kier molecular flexibility index (Phi) is 6.15. The van der Waals surface area contributed by atoms with Gasteiger partial charge in [0.2, 0.25) is 0 Å². The molecule has 1 aromatic rings. The van der Waals surface area contributed by atoms with Crippen molar-refractivity contribution in [1.82, 2.24) is 5.32 Å². The molecule has 18 heavy (non-hydrogen) atoms. The Hall–Kier alpha value is -1.61. The van der Waals surface area contributed by atoms with E-state index in [0.717, 1.165) is 0 Å². The smallest absolute Gasteiger partial charge is 0.330 e. The molecule has 1 rings (SSSR count). The van der Waals surface area contributed by atoms with Crippen molar-refractivity contribution in [3.05, 3.63) is 47.5 Å². The number of hydrogen-bond acceptors (Lipinski definition) is 3. The van der Waals surface area contributed by atoms with E-state index < -0.39 is 0 Å². The molecule has 0 aliphatic carbocycles. The number of nitrogens with one attached hydrogen (secondary N) is 1. The fraction of sp³-hybridized carbons (Fsp3) is 0.400. The molecule has 0 saturated carbocycles. The van der Waals surface area contributed by atoms with Gasteiger partial charge in [0.1, 0.15) is 0 Å². The first-order valence-electron chi connectivity index (χ1n) is 6.26. The highest BCUT2D eigenvalue weighted by molar-refractivity contribution is 5.81. The van der Waals surface area contributed by atoms with Gasteiger partial charge in [0.25, 0.3) is 0 Å². The number of carbonyl (C=O) groups is 1. The highest BCUT2D eigenvalue weighted by Crippen LogP contribution is 2.12. The van der Waals surface area contributed by atoms with E-state index in [0.29, 0.717) is 13.2 Å². The first-order chi connectivity index (χ1) is 8.63. The normalized spacial score (nSPS) is 12.6. The predicted octanol–water partition coefficient (Wildman–Crippen LogP) is 2.76. The molecule has 1 N–H and O–H groups in total. The topological polar surface area (TPSA) is 38.3 Å². The summed E-state index contributed by atoms with van der Waals surface area (Å²) in [5.74, 6) is -0.290. The van der Waals surface area contributed by atoms with Crippen LogP contribution in [0, 0.1) is 6.92 Å². The van der Waals surface area contributed by atoms with Gasteiger partial charge in [0, 0.05) is 18.7 Å². The first-order valence-corrected chi connectivity index (χ1v) is 6.26. The molecule has 0 saturated heterocycles. The van der Waals surface area contributed by atoms with E-state index in [1.807, 2.05) is 0 Å². The van der Waals surface area contributed by atoms with Crippen molar-refractivity contribution in [3.8, 4) is 0 Å². The second kappa shape index (κ2) is 7.67. The van der Waals surface area contributed by atoms with E-state index in [1.165, 1.54) is 17.2 Å². The second-order valence-electron chi connectivity index (χ2n) is 4.20. The van der Waals surface area contributed by atoms with Gasteiger partial charge in [-0.3, -0.25) is 0 Å². The molecule has 1 aromatic carbocycles. The Morgan fingerprint density at radius 1 is 1.39 bits per heavy atom. The number of rotatable bonds is 6. The van der Waals surface area contributed by atoms with Crippen LogP contribution in [-0.2, 0) is 9.53 Å². The molecular formula is C15H21NO2. The van der Waals surface area contributed by atoms with Gasteiger partial charge in [0.15, 0.2) is 0 Å². The van der Waals surface area contributed by atoms with Crippen molar-refractivity contribution in [2.24, 2.45) is 0 Å². The van der Waals surface area contributed by atoms with Crippen LogP contribution in [0.3, 0.4) is 0 Å². The zero-order valence-corrected chi connectivity index (χ0v) is 11.3. The largest absolute Gasteiger partial charge is 0.463 e. The third-order valence-electron chi connectivity index (χ3n) is 2.66. The van der Waals surface area contributed by atoms with Crippen molar-refractivity contribution in [2.45, 2.75) is 26.8 Å². The summed E-state index contributed by atoms with van der Waals surface area (Å²) in [6.45, 7) is 7.03. The van der Waals surface area contributed by atoms with E-state index in [2.05, 4.69) is 43.4 Å². The third-order valence-corrected chi connectivity index (χ3v) is 2.66. The van der Waals surface area contributed by atoms with Gasteiger partial charge >= 0.3 is 5.97 Å². The monoisotopic (exact) mass is 247 g/mol. The molecular weight excluding hydrogens is 226 g/mol. The maximum Gasteiger partial charge on any atom is 0.330 e. The average molecular weight is 247 g/mol. The average Bonchev–Trinajstić information content (AvgIpc) is 2.35. The maximum absolute atomic E-state index is 11.1. The minimum absolute atomic E-state index is 0.262. The summed E-state index contributed by atoms with van der Waals surface area (Å²) in [5.41, 5.74) is 2.50. The van der Waals surface area contributed by atoms with Crippen LogP contribution in [0.15, 0.2) is 36.4 Å². The van der Waals surface area contributed by atoms with Crippen molar-refractivity contribution >= 4 is 5.97 Å². The SMILES string of the molecule is CCOC(=O)/C=C/CN[C@@H](C)c1ccc(C)cc1. The zero-order valence-electron chi connectivity index (χ0n) is 11.3. The number of hydrogen-bond donors (Lipinski definition) is 1. The summed E-state index contributed by atoms with van der Waals surface area (Å²) < 4.78 is 4.79. The van der Waals surface area contributed by atoms with Crippen molar-refractivity contribution in [3.63, 3.8) is 0 Å². The lowest BCUT2D eigenvalue weighted by atomic mass is 10.1. The lowest BCUT2D eigenvalue weighted by molar-refractivity contribution is -0.137. The molecule has 0 spiro atoms. The van der Waals surface area contributed by atoms with Crippen LogP contribution in [0.1, 0.15) is 31.0 Å². The molecule has 3 heteroatoms. The number of benzene rings is 1. The molecule has 0 fully saturated rings. The van der Waals surface area contributed by atoms with E-state index in [9.17, 15) is 4.79 Å². The van der Waals surface area contributed by atoms with Crippen LogP contribution in [0.4, 0.5) is 0 Å². The predicted molar refractivity (Wildman–Crippen MR) is 73.4 cm³/mol. The van der Waals surface area contributed by atoms with E-state index in [-0.39, 0.29) is 12.0 Å². The Labute approximate surface area is 109 Å². The molecule has 98 valence electrons. The number of esters is 1. The van der Waals surface area contributed by atoms with Crippen molar-refractivity contribution in [2.75, 3.05) is 13.2 Å². The molecule has 1 atom stereocenters. The molecule has 0 aromatic heterocycles. The Bertz CT molecular complexity index is 395.